The molecule has 0 atom stereocenters. The maximum Gasteiger partial charge on any atom is 0.471 e. The van der Waals surface area contributed by atoms with E-state index >= 15 is 0 Å². The third-order valence-electron chi connectivity index (χ3n) is 2.93. The molecule has 0 fully saturated rings. The molecule has 0 spiro atoms. The summed E-state index contributed by atoms with van der Waals surface area (Å²) in [4.78, 5) is 25.0. The molecular formula is C15H33NO5Si4. The maximum absolute atomic E-state index is 11.9. The van der Waals surface area contributed by atoms with E-state index in [0.717, 1.165) is 0 Å². The summed E-state index contributed by atoms with van der Waals surface area (Å²) in [5, 5.41) is 0. The molecule has 2 amide bonds. The lowest BCUT2D eigenvalue weighted by molar-refractivity contribution is -0.136. The highest BCUT2D eigenvalue weighted by molar-refractivity contribution is 6.90. The Morgan fingerprint density at radius 1 is 0.720 bits per heavy atom. The normalized spacial score (nSPS) is 16.9. The summed E-state index contributed by atoms with van der Waals surface area (Å²) in [5.74, 6) is -0.552. The smallest absolute Gasteiger partial charge is 0.417 e. The van der Waals surface area contributed by atoms with Crippen molar-refractivity contribution in [3.8, 4) is 0 Å². The van der Waals surface area contributed by atoms with Gasteiger partial charge in [-0.1, -0.05) is 0 Å². The molecule has 0 bridgehead atoms. The van der Waals surface area contributed by atoms with Crippen LogP contribution in [0.3, 0.4) is 0 Å². The van der Waals surface area contributed by atoms with Crippen LogP contribution < -0.4 is 0 Å². The first-order chi connectivity index (χ1) is 11.0. The molecule has 0 aromatic rings. The number of amides is 2. The van der Waals surface area contributed by atoms with Crippen molar-refractivity contribution < 1.29 is 21.9 Å². The number of carbonyl (C=O) groups is 2. The summed E-state index contributed by atoms with van der Waals surface area (Å²) in [6, 6.07) is 0.449. The minimum atomic E-state index is -3.02. The fourth-order valence-electron chi connectivity index (χ4n) is 2.52. The van der Waals surface area contributed by atoms with E-state index in [4.69, 9.17) is 12.3 Å². The highest BCUT2D eigenvalue weighted by Gasteiger charge is 2.50. The van der Waals surface area contributed by atoms with Gasteiger partial charge in [-0.05, 0) is 58.9 Å². The van der Waals surface area contributed by atoms with E-state index in [2.05, 4.69) is 58.9 Å². The van der Waals surface area contributed by atoms with Crippen LogP contribution in [0, 0.1) is 0 Å². The van der Waals surface area contributed by atoms with E-state index in [-0.39, 0.29) is 18.4 Å². The molecule has 0 aromatic carbocycles. The summed E-state index contributed by atoms with van der Waals surface area (Å²) in [6.07, 6.45) is 2.62. The fraction of sp³-hybridized carbons (Fsp3) is 0.733. The van der Waals surface area contributed by atoms with E-state index < -0.39 is 33.8 Å². The molecule has 6 nitrogen and oxygen atoms in total. The lowest BCUT2D eigenvalue weighted by Gasteiger charge is -2.43. The highest BCUT2D eigenvalue weighted by atomic mass is 28.5. The zero-order chi connectivity index (χ0) is 19.7. The Balaban J connectivity index is 3.12. The van der Waals surface area contributed by atoms with Crippen molar-refractivity contribution in [2.24, 2.45) is 0 Å². The van der Waals surface area contributed by atoms with Gasteiger partial charge in [0.25, 0.3) is 11.8 Å². The first-order valence-corrected chi connectivity index (χ1v) is 20.8. The van der Waals surface area contributed by atoms with Crippen molar-refractivity contribution in [3.63, 3.8) is 0 Å². The molecule has 0 unspecified atom stereocenters. The van der Waals surface area contributed by atoms with Crippen molar-refractivity contribution >= 4 is 45.6 Å². The van der Waals surface area contributed by atoms with Gasteiger partial charge in [0.2, 0.25) is 0 Å². The molecule has 0 radical (unpaired) electrons. The number of carbonyl (C=O) groups excluding carboxylic acids is 2. The van der Waals surface area contributed by atoms with Crippen LogP contribution in [0.15, 0.2) is 12.2 Å². The van der Waals surface area contributed by atoms with Crippen molar-refractivity contribution in [1.82, 2.24) is 4.90 Å². The quantitative estimate of drug-likeness (QED) is 0.423. The molecule has 0 aromatic heterocycles. The van der Waals surface area contributed by atoms with Crippen molar-refractivity contribution in [3.05, 3.63) is 12.2 Å². The van der Waals surface area contributed by atoms with E-state index in [1.807, 2.05) is 0 Å². The standard InChI is InChI=1S/C15H33NO5Si4/c1-22(2,3)19-25(20-23(4,5)6,21-24(7,8)9)13-12-16-14(17)10-11-15(16)18/h10-11H,12-13H2,1-9H3. The van der Waals surface area contributed by atoms with Crippen molar-refractivity contribution in [2.75, 3.05) is 6.54 Å². The molecule has 1 aliphatic heterocycles. The summed E-state index contributed by atoms with van der Waals surface area (Å²) in [7, 11) is -8.87. The molecule has 1 aliphatic rings. The predicted molar refractivity (Wildman–Crippen MR) is 110 cm³/mol. The zero-order valence-corrected chi connectivity index (χ0v) is 21.1. The Labute approximate surface area is 156 Å². The molecule has 1 heterocycles. The molecule has 0 saturated heterocycles. The number of nitrogens with zero attached hydrogens (tertiary/aromatic N) is 1. The largest absolute Gasteiger partial charge is 0.471 e. The second kappa shape index (κ2) is 7.70. The van der Waals surface area contributed by atoms with Crippen LogP contribution in [0.2, 0.25) is 65.0 Å². The molecule has 144 valence electrons. The van der Waals surface area contributed by atoms with Gasteiger partial charge in [-0.25, -0.2) is 0 Å². The van der Waals surface area contributed by atoms with E-state index in [0.29, 0.717) is 6.04 Å². The van der Waals surface area contributed by atoms with Crippen molar-refractivity contribution in [1.29, 1.82) is 0 Å². The predicted octanol–water partition coefficient (Wildman–Crippen LogP) is 3.40. The van der Waals surface area contributed by atoms with Crippen LogP contribution in [0.1, 0.15) is 0 Å². The summed E-state index contributed by atoms with van der Waals surface area (Å²) >= 11 is 0. The maximum atomic E-state index is 11.9. The van der Waals surface area contributed by atoms with E-state index in [1.165, 1.54) is 17.1 Å². The lowest BCUT2D eigenvalue weighted by Crippen LogP contribution is -2.61. The SMILES string of the molecule is C[Si](C)(C)O[Si](CCN1C(=O)C=CC1=O)(O[Si](C)(C)C)O[Si](C)(C)C. The summed E-state index contributed by atoms with van der Waals surface area (Å²) in [5.41, 5.74) is 0. The molecule has 1 rings (SSSR count). The van der Waals surface area contributed by atoms with Crippen LogP contribution in [-0.4, -0.2) is 57.0 Å². The van der Waals surface area contributed by atoms with Gasteiger partial charge in [0.1, 0.15) is 0 Å². The van der Waals surface area contributed by atoms with Crippen LogP contribution in [0.25, 0.3) is 0 Å². The Morgan fingerprint density at radius 2 is 1.04 bits per heavy atom. The number of rotatable bonds is 9. The number of imide groups is 1. The Bertz CT molecular complexity index is 487. The van der Waals surface area contributed by atoms with Gasteiger partial charge in [-0.3, -0.25) is 14.5 Å². The molecular weight excluding hydrogens is 387 g/mol. The third-order valence-corrected chi connectivity index (χ3v) is 14.8. The van der Waals surface area contributed by atoms with Gasteiger partial charge in [0.15, 0.2) is 25.0 Å². The van der Waals surface area contributed by atoms with Crippen LogP contribution in [0.5, 0.6) is 0 Å². The molecule has 0 saturated carbocycles. The number of hydrogen-bond acceptors (Lipinski definition) is 5. The van der Waals surface area contributed by atoms with Crippen LogP contribution in [-0.2, 0) is 21.9 Å². The number of hydrogen-bond donors (Lipinski definition) is 0. The third kappa shape index (κ3) is 8.24. The van der Waals surface area contributed by atoms with Gasteiger partial charge in [0, 0.05) is 24.7 Å². The van der Waals surface area contributed by atoms with E-state index in [1.54, 1.807) is 0 Å². The first kappa shape index (κ1) is 22.7. The summed E-state index contributed by atoms with van der Waals surface area (Å²) in [6.45, 7) is 19.3. The Hall–Kier alpha value is -0.372. The zero-order valence-electron chi connectivity index (χ0n) is 17.1. The van der Waals surface area contributed by atoms with E-state index in [9.17, 15) is 9.59 Å². The van der Waals surface area contributed by atoms with Gasteiger partial charge < -0.3 is 12.3 Å². The second-order valence-corrected chi connectivity index (χ2v) is 26.2. The second-order valence-electron chi connectivity index (χ2n) is 9.24. The highest BCUT2D eigenvalue weighted by Crippen LogP contribution is 2.29. The average molecular weight is 420 g/mol. The average Bonchev–Trinajstić information content (AvgIpc) is 2.59. The topological polar surface area (TPSA) is 65.1 Å². The van der Waals surface area contributed by atoms with Gasteiger partial charge in [-0.15, -0.1) is 0 Å². The van der Waals surface area contributed by atoms with Crippen molar-refractivity contribution in [2.45, 2.75) is 65.0 Å². The Kier molecular flexibility index (Phi) is 6.99. The van der Waals surface area contributed by atoms with Crippen LogP contribution in [0.4, 0.5) is 0 Å². The van der Waals surface area contributed by atoms with Gasteiger partial charge in [-0.2, -0.15) is 0 Å². The van der Waals surface area contributed by atoms with Gasteiger partial charge in [0.05, 0.1) is 0 Å². The minimum absolute atomic E-state index is 0.274. The molecule has 0 aliphatic carbocycles. The Morgan fingerprint density at radius 3 is 1.32 bits per heavy atom. The van der Waals surface area contributed by atoms with Gasteiger partial charge >= 0.3 is 8.80 Å². The van der Waals surface area contributed by atoms with Crippen LogP contribution >= 0.6 is 0 Å². The molecule has 0 N–H and O–H groups in total. The minimum Gasteiger partial charge on any atom is -0.417 e. The summed E-state index contributed by atoms with van der Waals surface area (Å²) < 4.78 is 19.6. The molecule has 25 heavy (non-hydrogen) atoms. The molecule has 10 heteroatoms. The first-order valence-electron chi connectivity index (χ1n) is 8.66. The monoisotopic (exact) mass is 419 g/mol. The lowest BCUT2D eigenvalue weighted by atomic mass is 10.5. The fourth-order valence-corrected chi connectivity index (χ4v) is 17.1.